The minimum absolute atomic E-state index is 0.114. The highest BCUT2D eigenvalue weighted by Gasteiger charge is 2.49. The summed E-state index contributed by atoms with van der Waals surface area (Å²) in [6, 6.07) is 7.87. The van der Waals surface area contributed by atoms with Gasteiger partial charge in [0.1, 0.15) is 12.1 Å². The van der Waals surface area contributed by atoms with Crippen LogP contribution in [0.15, 0.2) is 36.8 Å². The molecule has 0 radical (unpaired) electrons. The second-order valence-corrected chi connectivity index (χ2v) is 9.66. The highest BCUT2D eigenvalue weighted by atomic mass is 16.5. The van der Waals surface area contributed by atoms with Crippen LogP contribution in [-0.4, -0.2) is 72.7 Å². The van der Waals surface area contributed by atoms with Crippen molar-refractivity contribution in [3.8, 4) is 5.75 Å². The van der Waals surface area contributed by atoms with Crippen LogP contribution in [0.4, 0.5) is 34.6 Å². The van der Waals surface area contributed by atoms with Crippen molar-refractivity contribution in [1.29, 1.82) is 0 Å². The molecule has 0 unspecified atom stereocenters. The van der Waals surface area contributed by atoms with Gasteiger partial charge in [-0.1, -0.05) is 6.42 Å². The fourth-order valence-electron chi connectivity index (χ4n) is 4.91. The van der Waals surface area contributed by atoms with Crippen molar-refractivity contribution in [2.45, 2.75) is 24.7 Å². The lowest BCUT2D eigenvalue weighted by Gasteiger charge is -2.37. The molecule has 5 rings (SSSR count). The van der Waals surface area contributed by atoms with E-state index in [1.807, 2.05) is 31.4 Å². The number of likely N-dealkylation sites (N-methyl/N-ethyl adjacent to an activating group) is 2. The van der Waals surface area contributed by atoms with E-state index in [1.165, 1.54) is 12.7 Å². The van der Waals surface area contributed by atoms with Crippen LogP contribution in [0.1, 0.15) is 25.0 Å². The van der Waals surface area contributed by atoms with Crippen LogP contribution in [0.2, 0.25) is 0 Å². The molecule has 0 saturated heterocycles. The molecule has 1 fully saturated rings. The maximum Gasteiger partial charge on any atom is 0.234 e. The number of hydrogen-bond acceptors (Lipinski definition) is 10. The fraction of sp³-hybridized carbons (Fsp3) is 0.440. The van der Waals surface area contributed by atoms with Crippen molar-refractivity contribution in [2.24, 2.45) is 0 Å². The number of anilines is 6. The van der Waals surface area contributed by atoms with E-state index in [4.69, 9.17) is 20.4 Å². The minimum Gasteiger partial charge on any atom is -0.494 e. The first-order chi connectivity index (χ1) is 16.9. The molecule has 3 N–H and O–H groups in total. The SMILES string of the molecule is COc1cc(N(C)CCN(C)C)c(N)cc1Nc1ncnc(N2CC3(CCC3)c3ncccc32)n1. The first-order valence-corrected chi connectivity index (χ1v) is 11.9. The zero-order chi connectivity index (χ0) is 24.6. The monoisotopic (exact) mass is 475 g/mol. The molecule has 35 heavy (non-hydrogen) atoms. The number of pyridine rings is 1. The Morgan fingerprint density at radius 1 is 1.14 bits per heavy atom. The first kappa shape index (κ1) is 23.1. The third-order valence-corrected chi connectivity index (χ3v) is 7.04. The predicted octanol–water partition coefficient (Wildman–Crippen LogP) is 3.17. The van der Waals surface area contributed by atoms with Gasteiger partial charge in [0.25, 0.3) is 0 Å². The zero-order valence-electron chi connectivity index (χ0n) is 20.8. The molecule has 2 aromatic heterocycles. The van der Waals surface area contributed by atoms with Crippen molar-refractivity contribution in [2.75, 3.05) is 68.7 Å². The number of nitrogens with zero attached hydrogens (tertiary/aromatic N) is 7. The Morgan fingerprint density at radius 3 is 2.69 bits per heavy atom. The van der Waals surface area contributed by atoms with Gasteiger partial charge in [-0.2, -0.15) is 4.98 Å². The van der Waals surface area contributed by atoms with Gasteiger partial charge in [-0.25, -0.2) is 9.97 Å². The molecule has 1 aromatic carbocycles. The minimum atomic E-state index is 0.114. The van der Waals surface area contributed by atoms with Crippen LogP contribution >= 0.6 is 0 Å². The van der Waals surface area contributed by atoms with Gasteiger partial charge in [-0.3, -0.25) is 4.98 Å². The molecule has 0 amide bonds. The molecule has 10 heteroatoms. The van der Waals surface area contributed by atoms with E-state index < -0.39 is 0 Å². The Hall–Kier alpha value is -3.66. The largest absolute Gasteiger partial charge is 0.494 e. The van der Waals surface area contributed by atoms with E-state index in [0.717, 1.165) is 49.5 Å². The number of hydrogen-bond donors (Lipinski definition) is 2. The lowest BCUT2D eigenvalue weighted by Crippen LogP contribution is -2.38. The van der Waals surface area contributed by atoms with Crippen molar-refractivity contribution in [3.63, 3.8) is 0 Å². The van der Waals surface area contributed by atoms with Gasteiger partial charge in [0.05, 0.1) is 35.6 Å². The van der Waals surface area contributed by atoms with Crippen LogP contribution < -0.4 is 25.6 Å². The van der Waals surface area contributed by atoms with Crippen LogP contribution in [0.5, 0.6) is 5.75 Å². The highest BCUT2D eigenvalue weighted by Crippen LogP contribution is 2.52. The Balaban J connectivity index is 1.40. The Labute approximate surface area is 206 Å². The summed E-state index contributed by atoms with van der Waals surface area (Å²) in [5.74, 6) is 1.70. The number of aromatic nitrogens is 4. The Bertz CT molecular complexity index is 1210. The number of fused-ring (bicyclic) bond motifs is 2. The molecule has 10 nitrogen and oxygen atoms in total. The molecule has 1 spiro atoms. The molecule has 0 bridgehead atoms. The number of nitrogens with two attached hydrogens (primary N) is 1. The second-order valence-electron chi connectivity index (χ2n) is 9.66. The normalized spacial score (nSPS) is 15.7. The molecule has 1 saturated carbocycles. The molecule has 2 aliphatic rings. The Kier molecular flexibility index (Phi) is 6.06. The third kappa shape index (κ3) is 4.29. The van der Waals surface area contributed by atoms with Crippen LogP contribution in [0, 0.1) is 0 Å². The van der Waals surface area contributed by atoms with E-state index >= 15 is 0 Å². The molecule has 1 aliphatic heterocycles. The van der Waals surface area contributed by atoms with Crippen molar-refractivity contribution in [3.05, 3.63) is 42.5 Å². The number of nitrogen functional groups attached to an aromatic ring is 1. The van der Waals surface area contributed by atoms with Crippen molar-refractivity contribution >= 4 is 34.6 Å². The molecule has 3 aromatic rings. The standard InChI is InChI=1S/C25H33N9O/c1-32(2)11-12-33(3)20-14-21(35-4)18(13-17(20)26)30-23-28-16-29-24(31-23)34-15-25(8-6-9-25)22-19(34)7-5-10-27-22/h5,7,10,13-14,16H,6,8-9,11-12,15,26H2,1-4H3,(H,28,29,30,31). The first-order valence-electron chi connectivity index (χ1n) is 11.9. The summed E-state index contributed by atoms with van der Waals surface area (Å²) >= 11 is 0. The molecule has 1 aliphatic carbocycles. The summed E-state index contributed by atoms with van der Waals surface area (Å²) in [6.45, 7) is 2.60. The summed E-state index contributed by atoms with van der Waals surface area (Å²) in [6.07, 6.45) is 6.94. The summed E-state index contributed by atoms with van der Waals surface area (Å²) in [7, 11) is 7.77. The van der Waals surface area contributed by atoms with Gasteiger partial charge >= 0.3 is 0 Å². The number of rotatable bonds is 8. The van der Waals surface area contributed by atoms with E-state index in [9.17, 15) is 0 Å². The van der Waals surface area contributed by atoms with Gasteiger partial charge < -0.3 is 30.5 Å². The van der Waals surface area contributed by atoms with Gasteiger partial charge in [0.15, 0.2) is 0 Å². The summed E-state index contributed by atoms with van der Waals surface area (Å²) in [5, 5.41) is 3.28. The van der Waals surface area contributed by atoms with Crippen molar-refractivity contribution in [1.82, 2.24) is 24.8 Å². The number of nitrogens with one attached hydrogen (secondary N) is 1. The van der Waals surface area contributed by atoms with E-state index in [1.54, 1.807) is 7.11 Å². The van der Waals surface area contributed by atoms with Gasteiger partial charge in [0, 0.05) is 44.4 Å². The van der Waals surface area contributed by atoms with Crippen LogP contribution in [0.25, 0.3) is 0 Å². The maximum atomic E-state index is 6.42. The predicted molar refractivity (Wildman–Crippen MR) is 139 cm³/mol. The van der Waals surface area contributed by atoms with Gasteiger partial charge in [-0.05, 0) is 45.1 Å². The van der Waals surface area contributed by atoms with Gasteiger partial charge in [-0.15, -0.1) is 0 Å². The fourth-order valence-corrected chi connectivity index (χ4v) is 4.91. The van der Waals surface area contributed by atoms with Gasteiger partial charge in [0.2, 0.25) is 11.9 Å². The van der Waals surface area contributed by atoms with E-state index in [0.29, 0.717) is 29.0 Å². The molecule has 3 heterocycles. The lowest BCUT2D eigenvalue weighted by atomic mass is 9.67. The lowest BCUT2D eigenvalue weighted by molar-refractivity contribution is 0.260. The average Bonchev–Trinajstić information content (AvgIpc) is 3.19. The topological polar surface area (TPSA) is 109 Å². The van der Waals surface area contributed by atoms with Crippen LogP contribution in [-0.2, 0) is 5.41 Å². The quantitative estimate of drug-likeness (QED) is 0.472. The Morgan fingerprint density at radius 2 is 1.97 bits per heavy atom. The maximum absolute atomic E-state index is 6.42. The van der Waals surface area contributed by atoms with E-state index in [-0.39, 0.29) is 5.41 Å². The summed E-state index contributed by atoms with van der Waals surface area (Å²) < 4.78 is 5.67. The second kappa shape index (κ2) is 9.18. The van der Waals surface area contributed by atoms with Crippen molar-refractivity contribution < 1.29 is 4.74 Å². The molecule has 184 valence electrons. The molecule has 0 atom stereocenters. The summed E-state index contributed by atoms with van der Waals surface area (Å²) in [4.78, 5) is 24.7. The smallest absolute Gasteiger partial charge is 0.234 e. The summed E-state index contributed by atoms with van der Waals surface area (Å²) in [5.41, 5.74) is 11.0. The number of ether oxygens (including phenoxy) is 1. The number of benzene rings is 1. The molecular formula is C25H33N9O. The number of methoxy groups -OCH3 is 1. The zero-order valence-corrected chi connectivity index (χ0v) is 20.8. The van der Waals surface area contributed by atoms with E-state index in [2.05, 4.69) is 50.1 Å². The highest BCUT2D eigenvalue weighted by molar-refractivity contribution is 5.79. The third-order valence-electron chi connectivity index (χ3n) is 7.04. The molecular weight excluding hydrogens is 442 g/mol. The average molecular weight is 476 g/mol. The van der Waals surface area contributed by atoms with Crippen LogP contribution in [0.3, 0.4) is 0 Å².